The lowest BCUT2D eigenvalue weighted by atomic mass is 10.2. The standard InChI is InChI=1S/C21H21ClN4O3S/c22-13-1-6-19-18(9-13)24-21(30-19)29-17-4-2-16(3-5-17)28-8-7-25-11-15-10-14(25)12-26(15)20(23)27/h1-6,9,14-15H,7-8,10-12H2,(H2,23,27)/t14-,15-/m1/s1. The summed E-state index contributed by atoms with van der Waals surface area (Å²) in [6.07, 6.45) is 1.01. The molecule has 0 saturated carbocycles. The Balaban J connectivity index is 1.12. The average Bonchev–Trinajstić information content (AvgIpc) is 3.42. The summed E-state index contributed by atoms with van der Waals surface area (Å²) in [5.74, 6) is 1.50. The van der Waals surface area contributed by atoms with Crippen molar-refractivity contribution in [1.29, 1.82) is 0 Å². The summed E-state index contributed by atoms with van der Waals surface area (Å²) in [5, 5.41) is 1.24. The van der Waals surface area contributed by atoms with Gasteiger partial charge in [0.05, 0.1) is 10.2 Å². The molecule has 2 aromatic carbocycles. The first-order valence-electron chi connectivity index (χ1n) is 9.82. The number of rotatable bonds is 6. The van der Waals surface area contributed by atoms with Gasteiger partial charge in [-0.15, -0.1) is 0 Å². The SMILES string of the molecule is NC(=O)N1C[C@H]2C[C@@H]1CN2CCOc1ccc(Oc2nc3cc(Cl)ccc3s2)cc1. The topological polar surface area (TPSA) is 80.9 Å². The van der Waals surface area contributed by atoms with Crippen molar-refractivity contribution < 1.29 is 14.3 Å². The van der Waals surface area contributed by atoms with Crippen molar-refractivity contribution in [3.8, 4) is 16.7 Å². The Morgan fingerprint density at radius 1 is 1.17 bits per heavy atom. The highest BCUT2D eigenvalue weighted by Crippen LogP contribution is 2.33. The van der Waals surface area contributed by atoms with Crippen molar-refractivity contribution in [2.24, 2.45) is 5.73 Å². The van der Waals surface area contributed by atoms with Gasteiger partial charge in [0.1, 0.15) is 18.1 Å². The number of urea groups is 1. The number of benzene rings is 2. The van der Waals surface area contributed by atoms with Gasteiger partial charge in [0, 0.05) is 36.7 Å². The molecule has 0 aliphatic carbocycles. The lowest BCUT2D eigenvalue weighted by Gasteiger charge is -2.33. The van der Waals surface area contributed by atoms with Gasteiger partial charge in [0.2, 0.25) is 0 Å². The van der Waals surface area contributed by atoms with Crippen LogP contribution in [0.3, 0.4) is 0 Å². The molecule has 156 valence electrons. The van der Waals surface area contributed by atoms with Gasteiger partial charge in [-0.3, -0.25) is 4.90 Å². The minimum Gasteiger partial charge on any atom is -0.492 e. The lowest BCUT2D eigenvalue weighted by Crippen LogP contribution is -2.51. The molecule has 0 unspecified atom stereocenters. The molecule has 2 saturated heterocycles. The van der Waals surface area contributed by atoms with E-state index in [9.17, 15) is 4.79 Å². The Hall–Kier alpha value is -2.55. The smallest absolute Gasteiger partial charge is 0.315 e. The van der Waals surface area contributed by atoms with Crippen LogP contribution in [0.15, 0.2) is 42.5 Å². The van der Waals surface area contributed by atoms with Crippen LogP contribution in [0.5, 0.6) is 16.7 Å². The molecule has 2 atom stereocenters. The van der Waals surface area contributed by atoms with Gasteiger partial charge >= 0.3 is 6.03 Å². The quantitative estimate of drug-likeness (QED) is 0.622. The number of carbonyl (C=O) groups excluding carboxylic acids is 1. The lowest BCUT2D eigenvalue weighted by molar-refractivity contribution is 0.127. The van der Waals surface area contributed by atoms with Crippen LogP contribution >= 0.6 is 22.9 Å². The van der Waals surface area contributed by atoms with E-state index in [-0.39, 0.29) is 12.1 Å². The number of amides is 2. The number of thiazole rings is 1. The number of nitrogens with zero attached hydrogens (tertiary/aromatic N) is 3. The number of piperazine rings is 1. The highest BCUT2D eigenvalue weighted by atomic mass is 35.5. The molecule has 2 aliphatic rings. The molecule has 9 heteroatoms. The predicted octanol–water partition coefficient (Wildman–Crippen LogP) is 3.96. The highest BCUT2D eigenvalue weighted by molar-refractivity contribution is 7.20. The molecule has 1 aromatic heterocycles. The molecule has 2 fully saturated rings. The Morgan fingerprint density at radius 2 is 1.97 bits per heavy atom. The van der Waals surface area contributed by atoms with E-state index in [2.05, 4.69) is 9.88 Å². The molecule has 2 amide bonds. The summed E-state index contributed by atoms with van der Waals surface area (Å²) in [6.45, 7) is 3.03. The number of primary amides is 1. The molecule has 7 nitrogen and oxygen atoms in total. The molecule has 2 N–H and O–H groups in total. The Bertz CT molecular complexity index is 1070. The van der Waals surface area contributed by atoms with E-state index in [0.29, 0.717) is 28.6 Å². The third-order valence-corrected chi connectivity index (χ3v) is 6.79. The van der Waals surface area contributed by atoms with Crippen molar-refractivity contribution in [3.05, 3.63) is 47.5 Å². The first-order valence-corrected chi connectivity index (χ1v) is 11.0. The predicted molar refractivity (Wildman–Crippen MR) is 117 cm³/mol. The largest absolute Gasteiger partial charge is 0.492 e. The second-order valence-corrected chi connectivity index (χ2v) is 8.97. The molecule has 2 aliphatic heterocycles. The van der Waals surface area contributed by atoms with Gasteiger partial charge < -0.3 is 20.1 Å². The molecular weight excluding hydrogens is 424 g/mol. The van der Waals surface area contributed by atoms with Crippen LogP contribution in [-0.4, -0.2) is 59.1 Å². The van der Waals surface area contributed by atoms with Crippen LogP contribution in [0.4, 0.5) is 4.79 Å². The van der Waals surface area contributed by atoms with Crippen LogP contribution in [0.1, 0.15) is 6.42 Å². The molecule has 3 heterocycles. The maximum Gasteiger partial charge on any atom is 0.315 e. The molecule has 30 heavy (non-hydrogen) atoms. The molecule has 0 spiro atoms. The van der Waals surface area contributed by atoms with Crippen LogP contribution < -0.4 is 15.2 Å². The molecule has 2 bridgehead atoms. The third-order valence-electron chi connectivity index (χ3n) is 5.64. The monoisotopic (exact) mass is 444 g/mol. The number of ether oxygens (including phenoxy) is 2. The second kappa shape index (κ2) is 7.94. The summed E-state index contributed by atoms with van der Waals surface area (Å²) < 4.78 is 12.8. The van der Waals surface area contributed by atoms with Crippen LogP contribution in [0, 0.1) is 0 Å². The summed E-state index contributed by atoms with van der Waals surface area (Å²) in [4.78, 5) is 20.0. The maximum absolute atomic E-state index is 11.4. The Labute approximate surface area is 182 Å². The number of likely N-dealkylation sites (tertiary alicyclic amines) is 2. The van der Waals surface area contributed by atoms with Crippen molar-refractivity contribution in [2.45, 2.75) is 18.5 Å². The minimum atomic E-state index is -0.310. The molecule has 5 rings (SSSR count). The van der Waals surface area contributed by atoms with E-state index >= 15 is 0 Å². The first kappa shape index (κ1) is 19.4. The fourth-order valence-electron chi connectivity index (χ4n) is 4.20. The zero-order valence-electron chi connectivity index (χ0n) is 16.2. The van der Waals surface area contributed by atoms with Crippen molar-refractivity contribution in [2.75, 3.05) is 26.2 Å². The fraction of sp³-hybridized carbons (Fsp3) is 0.333. The van der Waals surface area contributed by atoms with E-state index in [1.807, 2.05) is 42.5 Å². The van der Waals surface area contributed by atoms with Gasteiger partial charge in [-0.2, -0.15) is 0 Å². The van der Waals surface area contributed by atoms with Gasteiger partial charge in [0.25, 0.3) is 5.19 Å². The number of aromatic nitrogens is 1. The van der Waals surface area contributed by atoms with E-state index in [1.165, 1.54) is 11.3 Å². The summed E-state index contributed by atoms with van der Waals surface area (Å²) in [6, 6.07) is 13.5. The average molecular weight is 445 g/mol. The minimum absolute atomic E-state index is 0.252. The Morgan fingerprint density at radius 3 is 2.70 bits per heavy atom. The third kappa shape index (κ3) is 3.90. The van der Waals surface area contributed by atoms with Gasteiger partial charge in [-0.25, -0.2) is 9.78 Å². The Kier molecular flexibility index (Phi) is 5.14. The molecule has 3 aromatic rings. The van der Waals surface area contributed by atoms with Crippen LogP contribution in [0.25, 0.3) is 10.2 Å². The number of hydrogen-bond acceptors (Lipinski definition) is 6. The number of carbonyl (C=O) groups is 1. The van der Waals surface area contributed by atoms with Gasteiger partial charge in [-0.1, -0.05) is 22.9 Å². The first-order chi connectivity index (χ1) is 14.5. The molecule has 0 radical (unpaired) electrons. The number of fused-ring (bicyclic) bond motifs is 3. The summed E-state index contributed by atoms with van der Waals surface area (Å²) in [7, 11) is 0. The van der Waals surface area contributed by atoms with Crippen molar-refractivity contribution in [3.63, 3.8) is 0 Å². The zero-order chi connectivity index (χ0) is 20.7. The van der Waals surface area contributed by atoms with Crippen LogP contribution in [-0.2, 0) is 0 Å². The van der Waals surface area contributed by atoms with Crippen molar-refractivity contribution in [1.82, 2.24) is 14.8 Å². The molecular formula is C21H21ClN4O3S. The van der Waals surface area contributed by atoms with Gasteiger partial charge in [-0.05, 0) is 48.9 Å². The number of hydrogen-bond donors (Lipinski definition) is 1. The van der Waals surface area contributed by atoms with E-state index in [4.69, 9.17) is 26.8 Å². The summed E-state index contributed by atoms with van der Waals surface area (Å²) >= 11 is 7.49. The van der Waals surface area contributed by atoms with E-state index in [0.717, 1.165) is 42.0 Å². The fourth-order valence-corrected chi connectivity index (χ4v) is 5.18. The number of halogens is 1. The maximum atomic E-state index is 11.4. The normalized spacial score (nSPS) is 20.8. The van der Waals surface area contributed by atoms with E-state index < -0.39 is 0 Å². The van der Waals surface area contributed by atoms with Crippen molar-refractivity contribution >= 4 is 39.2 Å². The van der Waals surface area contributed by atoms with Gasteiger partial charge in [0.15, 0.2) is 0 Å². The summed E-state index contributed by atoms with van der Waals surface area (Å²) in [5.41, 5.74) is 6.25. The zero-order valence-corrected chi connectivity index (χ0v) is 17.7. The van der Waals surface area contributed by atoms with Crippen LogP contribution in [0.2, 0.25) is 5.02 Å². The highest BCUT2D eigenvalue weighted by Gasteiger charge is 2.44. The van der Waals surface area contributed by atoms with E-state index in [1.54, 1.807) is 4.90 Å². The number of nitrogens with two attached hydrogens (primary N) is 1. The second-order valence-electron chi connectivity index (χ2n) is 7.54.